The number of anilines is 2. The third kappa shape index (κ3) is 4.51. The normalized spacial score (nSPS) is 15.8. The highest BCUT2D eigenvalue weighted by atomic mass is 32.2. The van der Waals surface area contributed by atoms with Crippen LogP contribution in [0.3, 0.4) is 0 Å². The van der Waals surface area contributed by atoms with Gasteiger partial charge in [0.15, 0.2) is 0 Å². The van der Waals surface area contributed by atoms with E-state index in [4.69, 9.17) is 9.47 Å². The first-order chi connectivity index (χ1) is 14.2. The molecule has 1 amide bonds. The van der Waals surface area contributed by atoms with Gasteiger partial charge >= 0.3 is 0 Å². The zero-order valence-electron chi connectivity index (χ0n) is 16.5. The van der Waals surface area contributed by atoms with Gasteiger partial charge in [-0.2, -0.15) is 0 Å². The predicted octanol–water partition coefficient (Wildman–Crippen LogP) is 2.35. The van der Waals surface area contributed by atoms with Crippen molar-refractivity contribution in [2.75, 3.05) is 28.0 Å². The summed E-state index contributed by atoms with van der Waals surface area (Å²) in [5, 5.41) is 0. The molecule has 30 heavy (non-hydrogen) atoms. The second-order valence-electron chi connectivity index (χ2n) is 6.35. The minimum Gasteiger partial charge on any atom is -0.494 e. The molecule has 1 fully saturated rings. The molecule has 0 radical (unpaired) electrons. The first kappa shape index (κ1) is 21.9. The maximum absolute atomic E-state index is 13.0. The SMILES string of the molecule is CCOc1ccc(NS(=O)(=O)c2cc(N3C(=O)CCS3(=O)=O)ccc2OCC)cc1. The molecule has 0 aromatic heterocycles. The first-order valence-electron chi connectivity index (χ1n) is 9.26. The topological polar surface area (TPSA) is 119 Å². The Morgan fingerprint density at radius 3 is 2.27 bits per heavy atom. The number of hydrogen-bond donors (Lipinski definition) is 1. The van der Waals surface area contributed by atoms with Gasteiger partial charge in [-0.1, -0.05) is 0 Å². The van der Waals surface area contributed by atoms with E-state index in [2.05, 4.69) is 4.72 Å². The lowest BCUT2D eigenvalue weighted by Crippen LogP contribution is -2.29. The molecule has 0 unspecified atom stereocenters. The molecule has 162 valence electrons. The van der Waals surface area contributed by atoms with Gasteiger partial charge in [-0.3, -0.25) is 9.52 Å². The lowest BCUT2D eigenvalue weighted by molar-refractivity contribution is -0.116. The fourth-order valence-corrected chi connectivity index (χ4v) is 5.65. The van der Waals surface area contributed by atoms with Crippen LogP contribution in [0.5, 0.6) is 11.5 Å². The molecule has 0 aliphatic carbocycles. The third-order valence-electron chi connectivity index (χ3n) is 4.25. The van der Waals surface area contributed by atoms with Crippen LogP contribution in [0.15, 0.2) is 47.4 Å². The Kier molecular flexibility index (Phi) is 6.22. The largest absolute Gasteiger partial charge is 0.494 e. The van der Waals surface area contributed by atoms with Crippen molar-refractivity contribution in [3.8, 4) is 11.5 Å². The van der Waals surface area contributed by atoms with Gasteiger partial charge in [0.2, 0.25) is 15.9 Å². The van der Waals surface area contributed by atoms with Gasteiger partial charge in [-0.25, -0.2) is 21.1 Å². The summed E-state index contributed by atoms with van der Waals surface area (Å²) in [7, 11) is -7.98. The Balaban J connectivity index is 2.00. The molecule has 1 heterocycles. The van der Waals surface area contributed by atoms with Gasteiger partial charge in [0.05, 0.1) is 24.7 Å². The maximum Gasteiger partial charge on any atom is 0.265 e. The molecule has 1 N–H and O–H groups in total. The van der Waals surface area contributed by atoms with E-state index >= 15 is 0 Å². The quantitative estimate of drug-likeness (QED) is 0.650. The molecule has 0 bridgehead atoms. The third-order valence-corrected chi connectivity index (χ3v) is 7.34. The fraction of sp³-hybridized carbons (Fsp3) is 0.316. The van der Waals surface area contributed by atoms with Crippen molar-refractivity contribution in [1.82, 2.24) is 0 Å². The molecule has 3 rings (SSSR count). The summed E-state index contributed by atoms with van der Waals surface area (Å²) in [6.45, 7) is 4.21. The molecule has 9 nitrogen and oxygen atoms in total. The summed E-state index contributed by atoms with van der Waals surface area (Å²) < 4.78 is 64.3. The van der Waals surface area contributed by atoms with E-state index in [-0.39, 0.29) is 40.8 Å². The Morgan fingerprint density at radius 2 is 1.70 bits per heavy atom. The summed E-state index contributed by atoms with van der Waals surface area (Å²) in [5.41, 5.74) is 0.240. The minimum atomic E-state index is -4.15. The van der Waals surface area contributed by atoms with Crippen molar-refractivity contribution in [2.45, 2.75) is 25.2 Å². The van der Waals surface area contributed by atoms with Gasteiger partial charge < -0.3 is 9.47 Å². The van der Waals surface area contributed by atoms with Crippen molar-refractivity contribution in [3.63, 3.8) is 0 Å². The van der Waals surface area contributed by atoms with Gasteiger partial charge in [-0.15, -0.1) is 0 Å². The van der Waals surface area contributed by atoms with Crippen LogP contribution in [0.4, 0.5) is 11.4 Å². The number of sulfonamides is 2. The van der Waals surface area contributed by atoms with Crippen LogP contribution >= 0.6 is 0 Å². The summed E-state index contributed by atoms with van der Waals surface area (Å²) in [5.74, 6) is -0.285. The first-order valence-corrected chi connectivity index (χ1v) is 12.4. The molecule has 2 aromatic rings. The van der Waals surface area contributed by atoms with Gasteiger partial charge in [0, 0.05) is 12.1 Å². The number of amides is 1. The standard InChI is InChI=1S/C19H22N2O7S2/c1-3-27-16-8-5-14(6-9-16)20-30(25,26)18-13-15(7-10-17(18)28-4-2)21-19(22)11-12-29(21,23)24/h5-10,13,20H,3-4,11-12H2,1-2H3. The average molecular weight is 455 g/mol. The molecular weight excluding hydrogens is 432 g/mol. The minimum absolute atomic E-state index is 0.0451. The highest BCUT2D eigenvalue weighted by Gasteiger charge is 2.37. The van der Waals surface area contributed by atoms with E-state index in [9.17, 15) is 21.6 Å². The van der Waals surface area contributed by atoms with Crippen LogP contribution in [-0.2, 0) is 24.8 Å². The van der Waals surface area contributed by atoms with E-state index in [1.54, 1.807) is 31.2 Å². The predicted molar refractivity (Wildman–Crippen MR) is 112 cm³/mol. The molecule has 1 saturated heterocycles. The van der Waals surface area contributed by atoms with E-state index in [1.807, 2.05) is 6.92 Å². The average Bonchev–Trinajstić information content (AvgIpc) is 2.96. The molecule has 1 aliphatic heterocycles. The van der Waals surface area contributed by atoms with Crippen LogP contribution in [0.1, 0.15) is 20.3 Å². The second-order valence-corrected chi connectivity index (χ2v) is 9.94. The fourth-order valence-electron chi connectivity index (χ4n) is 2.97. The molecule has 0 atom stereocenters. The van der Waals surface area contributed by atoms with Gasteiger partial charge in [0.25, 0.3) is 10.0 Å². The Hall–Kier alpha value is -2.79. The van der Waals surface area contributed by atoms with Crippen molar-refractivity contribution >= 4 is 37.3 Å². The van der Waals surface area contributed by atoms with Crippen LogP contribution in [0, 0.1) is 0 Å². The van der Waals surface area contributed by atoms with Crippen molar-refractivity contribution in [2.24, 2.45) is 0 Å². The number of nitrogens with one attached hydrogen (secondary N) is 1. The monoisotopic (exact) mass is 454 g/mol. The number of ether oxygens (including phenoxy) is 2. The van der Waals surface area contributed by atoms with Gasteiger partial charge in [-0.05, 0) is 56.3 Å². The lowest BCUT2D eigenvalue weighted by Gasteiger charge is -2.18. The van der Waals surface area contributed by atoms with E-state index in [0.29, 0.717) is 16.7 Å². The molecule has 11 heteroatoms. The molecule has 0 spiro atoms. The Morgan fingerprint density at radius 1 is 1.03 bits per heavy atom. The zero-order valence-corrected chi connectivity index (χ0v) is 18.1. The summed E-state index contributed by atoms with van der Waals surface area (Å²) in [4.78, 5) is 11.8. The van der Waals surface area contributed by atoms with E-state index in [0.717, 1.165) is 6.07 Å². The number of benzene rings is 2. The highest BCUT2D eigenvalue weighted by Crippen LogP contribution is 2.33. The van der Waals surface area contributed by atoms with Crippen molar-refractivity contribution in [1.29, 1.82) is 0 Å². The van der Waals surface area contributed by atoms with Crippen LogP contribution in [-0.4, -0.2) is 41.7 Å². The van der Waals surface area contributed by atoms with Crippen LogP contribution in [0.2, 0.25) is 0 Å². The number of carbonyl (C=O) groups is 1. The lowest BCUT2D eigenvalue weighted by atomic mass is 10.3. The highest BCUT2D eigenvalue weighted by molar-refractivity contribution is 7.94. The maximum atomic E-state index is 13.0. The van der Waals surface area contributed by atoms with Crippen molar-refractivity contribution in [3.05, 3.63) is 42.5 Å². The molecule has 1 aliphatic rings. The van der Waals surface area contributed by atoms with Crippen LogP contribution in [0.25, 0.3) is 0 Å². The van der Waals surface area contributed by atoms with Gasteiger partial charge in [0.1, 0.15) is 16.4 Å². The summed E-state index contributed by atoms with van der Waals surface area (Å²) in [6, 6.07) is 10.1. The molecule has 2 aromatic carbocycles. The Bertz CT molecular complexity index is 1140. The molecular formula is C19H22N2O7S2. The number of carbonyl (C=O) groups excluding carboxylic acids is 1. The summed E-state index contributed by atoms with van der Waals surface area (Å²) >= 11 is 0. The van der Waals surface area contributed by atoms with E-state index < -0.39 is 26.0 Å². The second kappa shape index (κ2) is 8.52. The number of nitrogens with zero attached hydrogens (tertiary/aromatic N) is 1. The zero-order chi connectivity index (χ0) is 21.9. The smallest absolute Gasteiger partial charge is 0.265 e. The van der Waals surface area contributed by atoms with Crippen molar-refractivity contribution < 1.29 is 31.1 Å². The van der Waals surface area contributed by atoms with E-state index in [1.165, 1.54) is 12.1 Å². The Labute approximate surface area is 175 Å². The number of hydrogen-bond acceptors (Lipinski definition) is 7. The van der Waals surface area contributed by atoms with Crippen LogP contribution < -0.4 is 18.5 Å². The summed E-state index contributed by atoms with van der Waals surface area (Å²) in [6.07, 6.45) is -0.151. The molecule has 0 saturated carbocycles. The number of rotatable bonds is 8.